The van der Waals surface area contributed by atoms with E-state index in [1.54, 1.807) is 0 Å². The molecule has 2 aliphatic rings. The summed E-state index contributed by atoms with van der Waals surface area (Å²) in [5.41, 5.74) is 9.20. The predicted molar refractivity (Wildman–Crippen MR) is 83.5 cm³/mol. The van der Waals surface area contributed by atoms with E-state index in [9.17, 15) is 0 Å². The van der Waals surface area contributed by atoms with Crippen molar-refractivity contribution in [2.75, 3.05) is 0 Å². The second-order valence-corrected chi connectivity index (χ2v) is 5.58. The molecule has 3 aromatic rings. The van der Waals surface area contributed by atoms with Gasteiger partial charge in [0.25, 0.3) is 0 Å². The number of aromatic nitrogens is 1. The van der Waals surface area contributed by atoms with Gasteiger partial charge in [0.2, 0.25) is 0 Å². The van der Waals surface area contributed by atoms with Crippen molar-refractivity contribution in [3.05, 3.63) is 64.7 Å². The van der Waals surface area contributed by atoms with Crippen molar-refractivity contribution in [1.82, 2.24) is 4.98 Å². The lowest BCUT2D eigenvalue weighted by atomic mass is 9.86. The van der Waals surface area contributed by atoms with Crippen molar-refractivity contribution in [2.24, 2.45) is 0 Å². The van der Waals surface area contributed by atoms with Gasteiger partial charge in [0.1, 0.15) is 0 Å². The van der Waals surface area contributed by atoms with Crippen molar-refractivity contribution in [3.63, 3.8) is 0 Å². The highest BCUT2D eigenvalue weighted by atomic mass is 14.7. The lowest BCUT2D eigenvalue weighted by molar-refractivity contribution is 0.930. The maximum Gasteiger partial charge on any atom is 0.0750 e. The van der Waals surface area contributed by atoms with Crippen LogP contribution < -0.4 is 0 Å². The fraction of sp³-hybridized carbons (Fsp3) is 0.105. The van der Waals surface area contributed by atoms with Gasteiger partial charge in [-0.3, -0.25) is 0 Å². The Hall–Kier alpha value is -2.41. The Morgan fingerprint density at radius 3 is 2.80 bits per heavy atom. The molecule has 0 spiro atoms. The molecule has 2 aromatic carbocycles. The van der Waals surface area contributed by atoms with Crippen molar-refractivity contribution in [3.8, 4) is 11.3 Å². The molecule has 1 aromatic heterocycles. The van der Waals surface area contributed by atoms with E-state index >= 15 is 0 Å². The molecule has 0 fully saturated rings. The van der Waals surface area contributed by atoms with Gasteiger partial charge in [0.05, 0.1) is 11.2 Å². The topological polar surface area (TPSA) is 12.9 Å². The van der Waals surface area contributed by atoms with Crippen LogP contribution in [0.2, 0.25) is 0 Å². The van der Waals surface area contributed by atoms with E-state index < -0.39 is 0 Å². The maximum atomic E-state index is 4.98. The molecule has 5 rings (SSSR count). The molecule has 2 aliphatic carbocycles. The van der Waals surface area contributed by atoms with Crippen LogP contribution in [0.5, 0.6) is 0 Å². The van der Waals surface area contributed by atoms with Crippen LogP contribution >= 0.6 is 0 Å². The zero-order valence-electron chi connectivity index (χ0n) is 11.1. The fourth-order valence-corrected chi connectivity index (χ4v) is 3.61. The highest BCUT2D eigenvalue weighted by Gasteiger charge is 2.23. The normalized spacial score (nSPS) is 14.4. The van der Waals surface area contributed by atoms with Crippen LogP contribution in [0, 0.1) is 0 Å². The Labute approximate surface area is 117 Å². The second-order valence-electron chi connectivity index (χ2n) is 5.58. The number of rotatable bonds is 0. The van der Waals surface area contributed by atoms with Crippen LogP contribution in [0.3, 0.4) is 0 Å². The minimum atomic E-state index is 1.10. The van der Waals surface area contributed by atoms with Crippen LogP contribution in [0.15, 0.2) is 42.5 Å². The smallest absolute Gasteiger partial charge is 0.0750 e. The molecule has 0 atom stereocenters. The van der Waals surface area contributed by atoms with Crippen molar-refractivity contribution < 1.29 is 0 Å². The van der Waals surface area contributed by atoms with Gasteiger partial charge < -0.3 is 0 Å². The van der Waals surface area contributed by atoms with Gasteiger partial charge >= 0.3 is 0 Å². The summed E-state index contributed by atoms with van der Waals surface area (Å²) >= 11 is 0. The molecule has 0 radical (unpaired) electrons. The highest BCUT2D eigenvalue weighted by molar-refractivity contribution is 6.06. The third-order valence-corrected chi connectivity index (χ3v) is 4.53. The summed E-state index contributed by atoms with van der Waals surface area (Å²) in [5.74, 6) is 0. The zero-order valence-corrected chi connectivity index (χ0v) is 11.1. The first-order chi connectivity index (χ1) is 9.92. The minimum absolute atomic E-state index is 1.10. The van der Waals surface area contributed by atoms with Crippen molar-refractivity contribution >= 4 is 23.1 Å². The lowest BCUT2D eigenvalue weighted by Crippen LogP contribution is -2.07. The van der Waals surface area contributed by atoms with E-state index in [0.717, 1.165) is 18.4 Å². The molecule has 1 heteroatoms. The number of hydrogen-bond donors (Lipinski definition) is 0. The van der Waals surface area contributed by atoms with Crippen LogP contribution in [-0.4, -0.2) is 4.98 Å². The summed E-state index contributed by atoms with van der Waals surface area (Å²) in [7, 11) is 0. The van der Waals surface area contributed by atoms with E-state index in [0.29, 0.717) is 0 Å². The van der Waals surface area contributed by atoms with Gasteiger partial charge in [-0.05, 0) is 41.2 Å². The van der Waals surface area contributed by atoms with Gasteiger partial charge in [-0.15, -0.1) is 0 Å². The number of nitrogens with zero attached hydrogens (tertiary/aromatic N) is 1. The van der Waals surface area contributed by atoms with Crippen LogP contribution in [0.4, 0.5) is 0 Å². The molecule has 0 saturated carbocycles. The summed E-state index contributed by atoms with van der Waals surface area (Å²) in [6.07, 6.45) is 6.72. The molecule has 1 nitrogen and oxygen atoms in total. The number of pyridine rings is 1. The summed E-state index contributed by atoms with van der Waals surface area (Å²) in [6, 6.07) is 15.1. The maximum absolute atomic E-state index is 4.98. The number of benzene rings is 2. The number of hydrogen-bond acceptors (Lipinski definition) is 1. The quantitative estimate of drug-likeness (QED) is 0.451. The second kappa shape index (κ2) is 3.57. The third kappa shape index (κ3) is 1.20. The third-order valence-electron chi connectivity index (χ3n) is 4.53. The Kier molecular flexibility index (Phi) is 1.86. The Morgan fingerprint density at radius 1 is 0.850 bits per heavy atom. The molecule has 0 unspecified atom stereocenters. The largest absolute Gasteiger partial charge is 0.247 e. The monoisotopic (exact) mass is 255 g/mol. The fourth-order valence-electron chi connectivity index (χ4n) is 3.61. The first kappa shape index (κ1) is 10.4. The summed E-state index contributed by atoms with van der Waals surface area (Å²) in [4.78, 5) is 4.98. The SMILES string of the molecule is C1=Cc2c3c(nc4cccc1c24)-c1ccccc1CC3. The summed E-state index contributed by atoms with van der Waals surface area (Å²) in [6.45, 7) is 0. The number of aryl methyl sites for hydroxylation is 1. The molecule has 0 aliphatic heterocycles. The highest BCUT2D eigenvalue weighted by Crippen LogP contribution is 2.40. The Bertz CT molecular complexity index is 903. The molecule has 0 N–H and O–H groups in total. The van der Waals surface area contributed by atoms with Crippen LogP contribution in [0.25, 0.3) is 34.3 Å². The summed E-state index contributed by atoms with van der Waals surface area (Å²) < 4.78 is 0. The molecule has 94 valence electrons. The molecule has 0 saturated heterocycles. The molecule has 0 amide bonds. The molecule has 20 heavy (non-hydrogen) atoms. The minimum Gasteiger partial charge on any atom is -0.247 e. The molecule has 0 bridgehead atoms. The van der Waals surface area contributed by atoms with Gasteiger partial charge in [-0.1, -0.05) is 48.6 Å². The predicted octanol–water partition coefficient (Wildman–Crippen LogP) is 4.48. The number of fused-ring (bicyclic) bond motifs is 4. The molecular formula is C19H13N. The standard InChI is InChI=1S/C19H13N/c1-2-6-14-12(4-1)8-11-16-15-10-9-13-5-3-7-17(18(13)15)20-19(14)16/h1-7,9-10H,8,11H2. The van der Waals surface area contributed by atoms with Gasteiger partial charge in [0.15, 0.2) is 0 Å². The zero-order chi connectivity index (χ0) is 13.1. The Morgan fingerprint density at radius 2 is 1.80 bits per heavy atom. The van der Waals surface area contributed by atoms with E-state index in [2.05, 4.69) is 54.6 Å². The van der Waals surface area contributed by atoms with Crippen molar-refractivity contribution in [2.45, 2.75) is 12.8 Å². The Balaban J connectivity index is 1.95. The molecule has 1 heterocycles. The van der Waals surface area contributed by atoms with Gasteiger partial charge in [-0.2, -0.15) is 0 Å². The van der Waals surface area contributed by atoms with Gasteiger partial charge in [-0.25, -0.2) is 4.98 Å². The van der Waals surface area contributed by atoms with Gasteiger partial charge in [0, 0.05) is 10.9 Å². The van der Waals surface area contributed by atoms with E-state index in [1.807, 2.05) is 0 Å². The van der Waals surface area contributed by atoms with Crippen LogP contribution in [0.1, 0.15) is 22.3 Å². The van der Waals surface area contributed by atoms with E-state index in [4.69, 9.17) is 4.98 Å². The average Bonchev–Trinajstić information content (AvgIpc) is 2.93. The summed E-state index contributed by atoms with van der Waals surface area (Å²) in [5, 5.41) is 1.34. The van der Waals surface area contributed by atoms with Crippen molar-refractivity contribution in [1.29, 1.82) is 0 Å². The van der Waals surface area contributed by atoms with E-state index in [1.165, 1.54) is 38.9 Å². The first-order valence-corrected chi connectivity index (χ1v) is 7.14. The average molecular weight is 255 g/mol. The van der Waals surface area contributed by atoms with E-state index in [-0.39, 0.29) is 0 Å². The molecular weight excluding hydrogens is 242 g/mol. The first-order valence-electron chi connectivity index (χ1n) is 7.14. The lowest BCUT2D eigenvalue weighted by Gasteiger charge is -2.21. The van der Waals surface area contributed by atoms with Crippen LogP contribution in [-0.2, 0) is 12.8 Å².